The van der Waals surface area contributed by atoms with Crippen molar-refractivity contribution in [2.75, 3.05) is 95.1 Å². The van der Waals surface area contributed by atoms with E-state index >= 15 is 0 Å². The van der Waals surface area contributed by atoms with Gasteiger partial charge in [-0.05, 0) is 114 Å². The highest BCUT2D eigenvalue weighted by molar-refractivity contribution is 8.26. The number of rotatable bonds is 22. The summed E-state index contributed by atoms with van der Waals surface area (Å²) in [7, 11) is 18.5. The lowest BCUT2D eigenvalue weighted by molar-refractivity contribution is -0.162. The molecule has 0 spiro atoms. The van der Waals surface area contributed by atoms with Gasteiger partial charge >= 0.3 is 48.4 Å². The smallest absolute Gasteiger partial charge is 0.426 e. The number of halogens is 2. The molecule has 0 aliphatic rings. The third kappa shape index (κ3) is 41.4. The van der Waals surface area contributed by atoms with Gasteiger partial charge in [-0.1, -0.05) is 91.0 Å². The second-order valence-electron chi connectivity index (χ2n) is 24.4. The fourth-order valence-corrected chi connectivity index (χ4v) is 6.44. The molecule has 29 nitrogen and oxygen atoms in total. The van der Waals surface area contributed by atoms with E-state index in [1.54, 1.807) is 53.9 Å². The van der Waals surface area contributed by atoms with Crippen LogP contribution in [0.5, 0.6) is 0 Å². The molecule has 3 aromatic carbocycles. The molecule has 0 bridgehead atoms. The van der Waals surface area contributed by atoms with Crippen LogP contribution in [-0.4, -0.2) is 221 Å². The molecule has 8 amide bonds. The number of aliphatic carboxylic acids is 3. The van der Waals surface area contributed by atoms with Crippen LogP contribution >= 0.6 is 21.4 Å². The minimum atomic E-state index is -1.67. The van der Waals surface area contributed by atoms with Crippen LogP contribution < -0.4 is 16.1 Å². The van der Waals surface area contributed by atoms with Gasteiger partial charge in [0, 0.05) is 109 Å². The number of benzene rings is 3. The van der Waals surface area contributed by atoms with Gasteiger partial charge in [0.25, 0.3) is 5.91 Å². The van der Waals surface area contributed by atoms with E-state index in [4.69, 9.17) is 43.2 Å². The second-order valence-corrected chi connectivity index (χ2v) is 27.0. The number of hydrazine groups is 1. The maximum absolute atomic E-state index is 12.9. The highest BCUT2D eigenvalue weighted by Crippen LogP contribution is 2.22. The van der Waals surface area contributed by atoms with Gasteiger partial charge in [0.15, 0.2) is 5.41 Å². The van der Waals surface area contributed by atoms with Gasteiger partial charge in [-0.25, -0.2) is 33.6 Å². The molecule has 0 radical (unpaired) electrons. The Labute approximate surface area is 575 Å². The third-order valence-corrected chi connectivity index (χ3v) is 12.4. The lowest BCUT2D eigenvalue weighted by atomic mass is 9.90. The number of alkyl carbamates (subject to hydrolysis) is 1. The molecule has 96 heavy (non-hydrogen) atoms. The number of carbonyl (C=O) groups excluding carboxylic acids is 8. The molecule has 542 valence electrons. The Kier molecular flexibility index (Phi) is 43.8. The maximum atomic E-state index is 12.9. The molecule has 0 saturated carbocycles. The van der Waals surface area contributed by atoms with Crippen molar-refractivity contribution in [1.29, 1.82) is 0 Å². The summed E-state index contributed by atoms with van der Waals surface area (Å²) in [6, 6.07) is 28.3. The lowest BCUT2D eigenvalue weighted by Crippen LogP contribution is -2.55. The first-order valence-corrected chi connectivity index (χ1v) is 32.5. The van der Waals surface area contributed by atoms with Crippen LogP contribution in [0, 0.1) is 16.2 Å². The first-order valence-electron chi connectivity index (χ1n) is 29.7. The number of carboxylic acids is 3. The van der Waals surface area contributed by atoms with Gasteiger partial charge in [-0.2, -0.15) is 0 Å². The van der Waals surface area contributed by atoms with Gasteiger partial charge in [-0.3, -0.25) is 33.8 Å². The first-order chi connectivity index (χ1) is 44.1. The predicted octanol–water partition coefficient (Wildman–Crippen LogP) is 8.69. The van der Waals surface area contributed by atoms with Crippen LogP contribution in [0.25, 0.3) is 0 Å². The van der Waals surface area contributed by atoms with Crippen molar-refractivity contribution in [1.82, 2.24) is 45.6 Å². The average molecular weight is 1420 g/mol. The minimum Gasteiger partial charge on any atom is -0.480 e. The molecule has 0 aliphatic heterocycles. The van der Waals surface area contributed by atoms with Crippen molar-refractivity contribution < 1.29 is 96.0 Å². The van der Waals surface area contributed by atoms with Crippen LogP contribution in [0.1, 0.15) is 107 Å². The molecule has 3 aromatic rings. The number of carbonyl (C=O) groups is 11. The number of hydrogen-bond donors (Lipinski definition) is 6. The van der Waals surface area contributed by atoms with E-state index in [0.29, 0.717) is 19.7 Å². The number of ether oxygens (including phenoxy) is 5. The number of hydrogen-bond acceptors (Lipinski definition) is 18. The Bertz CT molecular complexity index is 2900. The van der Waals surface area contributed by atoms with Crippen LogP contribution in [0.4, 0.5) is 24.0 Å². The van der Waals surface area contributed by atoms with E-state index < -0.39 is 85.0 Å². The molecule has 0 aliphatic carbocycles. The van der Waals surface area contributed by atoms with E-state index in [1.807, 2.05) is 126 Å². The quantitative estimate of drug-likeness (QED) is 0.0237. The van der Waals surface area contributed by atoms with Crippen LogP contribution in [0.3, 0.4) is 0 Å². The van der Waals surface area contributed by atoms with E-state index in [-0.39, 0.29) is 57.2 Å². The summed E-state index contributed by atoms with van der Waals surface area (Å²) in [4.78, 5) is 134. The summed E-state index contributed by atoms with van der Waals surface area (Å²) in [6.45, 7) is 23.9. The largest absolute Gasteiger partial charge is 0.480 e. The van der Waals surface area contributed by atoms with Gasteiger partial charge in [0.1, 0.15) is 41.9 Å². The standard InChI is InChI=1S/C23H36N4O6.C17H24N2O5.C12H18N2O2.C7H15NO2.C5H8O4.Cl2OS/c1-22(2,3)33-20(30)24-27(8)19(29)23(4,5)18(28)25(6)14-15-26(7)21(31)32-16-17-12-10-9-11-13-17;1-17(2,15(21)22)14(20)18(3)10-11-19(4)16(23)24-12-13-8-6-5-7-9-13;1-13-8-9-14(2)12(15)16-10-11-6-4-3-5-7-11;1-5-8-6(9)10-7(2,3)4;1-5(2,3(6)7)4(8)9;1-4(2)3/h9-13H,14-16H2,1-8H3,(H,24,30);5-9H,10-12H2,1-4H3,(H,21,22);3-7,13H,8-10H2,1-2H3;5H2,1-4H3,(H,8,9);1-2H3,(H,6,7)(H,8,9);. The Morgan fingerprint density at radius 3 is 0.990 bits per heavy atom. The third-order valence-electron chi connectivity index (χ3n) is 12.4. The number of nitrogens with zero attached hydrogens (tertiary/aromatic N) is 6. The topological polar surface area (TPSA) is 367 Å². The van der Waals surface area contributed by atoms with E-state index in [1.165, 1.54) is 61.4 Å². The van der Waals surface area contributed by atoms with Crippen molar-refractivity contribution in [3.8, 4) is 0 Å². The normalized spacial score (nSPS) is 10.7. The van der Waals surface area contributed by atoms with E-state index in [9.17, 15) is 52.7 Å². The van der Waals surface area contributed by atoms with Crippen molar-refractivity contribution >= 4 is 96.7 Å². The Balaban J connectivity index is -0.00000120. The summed E-state index contributed by atoms with van der Waals surface area (Å²) < 4.78 is 34.7. The summed E-state index contributed by atoms with van der Waals surface area (Å²) in [5, 5.41) is 32.0. The molecule has 0 heterocycles. The van der Waals surface area contributed by atoms with Crippen LogP contribution in [-0.2, 0) is 81.5 Å². The van der Waals surface area contributed by atoms with E-state index in [0.717, 1.165) is 42.1 Å². The van der Waals surface area contributed by atoms with Crippen molar-refractivity contribution in [3.63, 3.8) is 0 Å². The van der Waals surface area contributed by atoms with Gasteiger partial charge in [0.2, 0.25) is 21.0 Å². The molecular formula is C64H101Cl2N9O20S. The Morgan fingerprint density at radius 1 is 0.438 bits per heavy atom. The lowest BCUT2D eigenvalue weighted by Gasteiger charge is -2.32. The second kappa shape index (κ2) is 45.8. The first kappa shape index (κ1) is 91.7. The number of amides is 8. The minimum absolute atomic E-state index is 0.150. The highest BCUT2D eigenvalue weighted by Gasteiger charge is 2.41. The average Bonchev–Trinajstić information content (AvgIpc) is 0.831. The molecule has 3 rings (SSSR count). The highest BCUT2D eigenvalue weighted by atomic mass is 36.0. The van der Waals surface area contributed by atoms with Gasteiger partial charge in [0.05, 0.1) is 0 Å². The molecule has 0 saturated heterocycles. The molecule has 32 heteroatoms. The molecule has 0 atom stereocenters. The zero-order valence-corrected chi connectivity index (χ0v) is 61.2. The SMILES string of the molecule is CC(C)(C(=O)O)C(=O)O.CCNC(=O)OC(C)(C)C.CN(CCN(C)C(=O)C(C)(C)C(=O)N(C)NC(=O)OC(C)(C)C)C(=O)OCc1ccccc1.CN(CCN(C)C(=O)C(C)(C)C(=O)O)C(=O)OCc1ccccc1.CNCCN(C)C(=O)OCc1ccccc1.O=S(Cl)Cl. The molecule has 0 fully saturated rings. The number of carboxylic acid groups (broad SMARTS) is 3. The summed E-state index contributed by atoms with van der Waals surface area (Å²) in [5.41, 5.74) is -0.672. The Morgan fingerprint density at radius 2 is 0.719 bits per heavy atom. The van der Waals surface area contributed by atoms with Crippen LogP contribution in [0.2, 0.25) is 0 Å². The Hall–Kier alpha value is -8.48. The fraction of sp³-hybridized carbons (Fsp3) is 0.547. The van der Waals surface area contributed by atoms with Crippen molar-refractivity contribution in [2.45, 2.75) is 121 Å². The van der Waals surface area contributed by atoms with Gasteiger partial charge < -0.3 is 74.1 Å². The molecule has 0 unspecified atom stereocenters. The fourth-order valence-electron chi connectivity index (χ4n) is 6.44. The summed E-state index contributed by atoms with van der Waals surface area (Å²) >= 11 is 0. The zero-order chi connectivity index (χ0) is 75.0. The number of likely N-dealkylation sites (N-methyl/N-ethyl adjacent to an activating group) is 6. The monoisotopic (exact) mass is 1420 g/mol. The molecular weight excluding hydrogens is 1320 g/mol. The number of nitrogens with one attached hydrogen (secondary N) is 3. The van der Waals surface area contributed by atoms with Gasteiger partial charge in [-0.15, -0.1) is 0 Å². The molecule has 0 aromatic heterocycles. The van der Waals surface area contributed by atoms with Crippen molar-refractivity contribution in [2.24, 2.45) is 16.2 Å². The van der Waals surface area contributed by atoms with Crippen molar-refractivity contribution in [3.05, 3.63) is 108 Å². The van der Waals surface area contributed by atoms with Crippen LogP contribution in [0.15, 0.2) is 91.0 Å². The summed E-state index contributed by atoms with van der Waals surface area (Å²) in [6.07, 6.45) is -2.46. The van der Waals surface area contributed by atoms with E-state index in [2.05, 4.69) is 37.4 Å². The zero-order valence-electron chi connectivity index (χ0n) is 58.9. The maximum Gasteiger partial charge on any atom is 0.426 e. The summed E-state index contributed by atoms with van der Waals surface area (Å²) in [5.74, 6) is -5.42. The molecule has 6 N–H and O–H groups in total. The predicted molar refractivity (Wildman–Crippen MR) is 363 cm³/mol.